The predicted molar refractivity (Wildman–Crippen MR) is 234 cm³/mol. The van der Waals surface area contributed by atoms with E-state index in [2.05, 4.69) is 158 Å². The third kappa shape index (κ3) is 7.91. The van der Waals surface area contributed by atoms with Crippen LogP contribution in [0.3, 0.4) is 0 Å². The molecule has 282 valence electrons. The molecule has 0 aliphatic rings. The van der Waals surface area contributed by atoms with Gasteiger partial charge in [-0.1, -0.05) is 140 Å². The first-order valence-corrected chi connectivity index (χ1v) is 20.2. The van der Waals surface area contributed by atoms with E-state index in [1.807, 2.05) is 24.4 Å². The van der Waals surface area contributed by atoms with Gasteiger partial charge in [-0.05, 0) is 114 Å². The van der Waals surface area contributed by atoms with Gasteiger partial charge in [0, 0.05) is 17.3 Å². The van der Waals surface area contributed by atoms with Crippen molar-refractivity contribution in [3.05, 3.63) is 113 Å². The van der Waals surface area contributed by atoms with E-state index in [1.54, 1.807) is 17.4 Å². The van der Waals surface area contributed by atoms with E-state index < -0.39 is 0 Å². The Morgan fingerprint density at radius 3 is 1.59 bits per heavy atom. The molecule has 0 unspecified atom stereocenters. The summed E-state index contributed by atoms with van der Waals surface area (Å²) in [5, 5.41) is 11.7. The SMILES string of the molecule is CC(C)(C)c1cc(-c2ccnc(-c3cc(-c4cc(C(C)(C)C)cc5sc(-c6ccccc6O)nc45)c(C(C)(C)C)cc3C(C)(C)C)c2)cc(C(C)(C)C)c1. The van der Waals surface area contributed by atoms with E-state index in [0.29, 0.717) is 0 Å². The number of pyridine rings is 1. The summed E-state index contributed by atoms with van der Waals surface area (Å²) in [4.78, 5) is 10.4. The van der Waals surface area contributed by atoms with Crippen LogP contribution in [0, 0.1) is 0 Å². The molecule has 2 heterocycles. The average Bonchev–Trinajstić information content (AvgIpc) is 3.49. The third-order valence-corrected chi connectivity index (χ3v) is 11.6. The third-order valence-electron chi connectivity index (χ3n) is 10.6. The first-order valence-electron chi connectivity index (χ1n) is 19.4. The quantitative estimate of drug-likeness (QED) is 0.196. The monoisotopic (exact) mass is 736 g/mol. The van der Waals surface area contributed by atoms with Gasteiger partial charge in [0.05, 0.1) is 21.5 Å². The number of thiazole rings is 1. The first-order chi connectivity index (χ1) is 24.8. The van der Waals surface area contributed by atoms with Gasteiger partial charge in [0.2, 0.25) is 0 Å². The van der Waals surface area contributed by atoms with Gasteiger partial charge in [-0.15, -0.1) is 11.3 Å². The average molecular weight is 737 g/mol. The molecule has 4 heteroatoms. The number of rotatable bonds is 4. The maximum Gasteiger partial charge on any atom is 0.128 e. The number of hydrogen-bond donors (Lipinski definition) is 1. The molecule has 0 atom stereocenters. The molecule has 2 aromatic heterocycles. The Bertz CT molecular complexity index is 2330. The van der Waals surface area contributed by atoms with Crippen molar-refractivity contribution >= 4 is 21.6 Å². The van der Waals surface area contributed by atoms with Crippen LogP contribution in [-0.2, 0) is 27.1 Å². The molecule has 0 spiro atoms. The predicted octanol–water partition coefficient (Wildman–Crippen LogP) is 14.6. The van der Waals surface area contributed by atoms with Crippen molar-refractivity contribution in [3.63, 3.8) is 0 Å². The topological polar surface area (TPSA) is 46.0 Å². The summed E-state index contributed by atoms with van der Waals surface area (Å²) in [5.41, 5.74) is 14.7. The van der Waals surface area contributed by atoms with Crippen molar-refractivity contribution in [2.75, 3.05) is 0 Å². The Kier molecular flexibility index (Phi) is 9.84. The number of para-hydroxylation sites is 1. The van der Waals surface area contributed by atoms with E-state index in [1.165, 1.54) is 44.5 Å². The zero-order chi connectivity index (χ0) is 39.8. The van der Waals surface area contributed by atoms with Crippen molar-refractivity contribution in [2.45, 2.75) is 131 Å². The Hall–Kier alpha value is -4.28. The van der Waals surface area contributed by atoms with Crippen LogP contribution in [0.15, 0.2) is 85.1 Å². The summed E-state index contributed by atoms with van der Waals surface area (Å²) in [6, 6.07) is 28.6. The number of benzene rings is 4. The number of aromatic hydroxyl groups is 1. The number of fused-ring (bicyclic) bond motifs is 1. The van der Waals surface area contributed by atoms with Crippen LogP contribution in [0.25, 0.3) is 54.3 Å². The summed E-state index contributed by atoms with van der Waals surface area (Å²) >= 11 is 1.65. The summed E-state index contributed by atoms with van der Waals surface area (Å²) in [7, 11) is 0. The van der Waals surface area contributed by atoms with Crippen LogP contribution in [0.4, 0.5) is 0 Å². The Morgan fingerprint density at radius 1 is 0.481 bits per heavy atom. The normalized spacial score (nSPS) is 13.2. The second kappa shape index (κ2) is 13.5. The van der Waals surface area contributed by atoms with Crippen LogP contribution in [0.5, 0.6) is 5.75 Å². The fraction of sp³-hybridized carbons (Fsp3) is 0.400. The molecule has 6 rings (SSSR count). The van der Waals surface area contributed by atoms with E-state index >= 15 is 0 Å². The highest BCUT2D eigenvalue weighted by Crippen LogP contribution is 2.47. The molecule has 1 N–H and O–H groups in total. The van der Waals surface area contributed by atoms with E-state index in [9.17, 15) is 5.11 Å². The lowest BCUT2D eigenvalue weighted by molar-refractivity contribution is 0.477. The Labute approximate surface area is 329 Å². The summed E-state index contributed by atoms with van der Waals surface area (Å²) < 4.78 is 1.12. The molecule has 0 bridgehead atoms. The fourth-order valence-electron chi connectivity index (χ4n) is 7.13. The molecule has 3 nitrogen and oxygen atoms in total. The van der Waals surface area contributed by atoms with Crippen LogP contribution in [0.1, 0.15) is 132 Å². The molecule has 0 aliphatic heterocycles. The number of aromatic nitrogens is 2. The molecular weight excluding hydrogens is 677 g/mol. The van der Waals surface area contributed by atoms with Gasteiger partial charge in [0.1, 0.15) is 10.8 Å². The second-order valence-electron chi connectivity index (χ2n) is 20.3. The summed E-state index contributed by atoms with van der Waals surface area (Å²) in [5.74, 6) is 0.245. The zero-order valence-corrected chi connectivity index (χ0v) is 36.1. The first kappa shape index (κ1) is 39.4. The van der Waals surface area contributed by atoms with Crippen molar-refractivity contribution in [3.8, 4) is 49.8 Å². The molecule has 0 saturated carbocycles. The van der Waals surface area contributed by atoms with E-state index in [0.717, 1.165) is 37.6 Å². The molecule has 0 aliphatic carbocycles. The highest BCUT2D eigenvalue weighted by Gasteiger charge is 2.30. The smallest absolute Gasteiger partial charge is 0.128 e. The number of phenols is 1. The van der Waals surface area contributed by atoms with Gasteiger partial charge in [0.15, 0.2) is 0 Å². The Morgan fingerprint density at radius 2 is 1.04 bits per heavy atom. The number of hydrogen-bond acceptors (Lipinski definition) is 4. The summed E-state index contributed by atoms with van der Waals surface area (Å²) in [6.45, 7) is 34.5. The largest absolute Gasteiger partial charge is 0.507 e. The van der Waals surface area contributed by atoms with Gasteiger partial charge in [-0.25, -0.2) is 4.98 Å². The molecular formula is C50H60N2OS. The van der Waals surface area contributed by atoms with Gasteiger partial charge in [0.25, 0.3) is 0 Å². The van der Waals surface area contributed by atoms with Gasteiger partial charge < -0.3 is 5.11 Å². The standard InChI is InChI=1S/C50H60N2OS/c1-46(2,3)32-22-31(23-33(25-32)47(4,5)6)30-20-21-51-41(24-30)38-28-36(39(49(10,11)12)29-40(38)50(13,14)15)37-26-34(48(7,8)9)27-43-44(37)52-45(54-43)35-18-16-17-19-42(35)53/h16-29,53H,1-15H3. The number of nitrogens with zero attached hydrogens (tertiary/aromatic N) is 2. The van der Waals surface area contributed by atoms with Crippen LogP contribution >= 0.6 is 11.3 Å². The van der Waals surface area contributed by atoms with Gasteiger partial charge in [-0.3, -0.25) is 4.98 Å². The van der Waals surface area contributed by atoms with Crippen LogP contribution in [-0.4, -0.2) is 15.1 Å². The molecule has 0 amide bonds. The van der Waals surface area contributed by atoms with E-state index in [-0.39, 0.29) is 32.8 Å². The Balaban J connectivity index is 1.67. The van der Waals surface area contributed by atoms with Crippen molar-refractivity contribution < 1.29 is 5.11 Å². The van der Waals surface area contributed by atoms with E-state index in [4.69, 9.17) is 9.97 Å². The van der Waals surface area contributed by atoms with Gasteiger partial charge >= 0.3 is 0 Å². The lowest BCUT2D eigenvalue weighted by Gasteiger charge is -2.31. The number of phenolic OH excluding ortho intramolecular Hbond substituents is 1. The minimum atomic E-state index is -0.152. The minimum absolute atomic E-state index is 0.0186. The summed E-state index contributed by atoms with van der Waals surface area (Å²) in [6.07, 6.45) is 1.98. The maximum atomic E-state index is 10.9. The zero-order valence-electron chi connectivity index (χ0n) is 35.3. The lowest BCUT2D eigenvalue weighted by atomic mass is 9.74. The molecule has 0 fully saturated rings. The minimum Gasteiger partial charge on any atom is -0.507 e. The molecule has 54 heavy (non-hydrogen) atoms. The van der Waals surface area contributed by atoms with Crippen LogP contribution < -0.4 is 0 Å². The fourth-order valence-corrected chi connectivity index (χ4v) is 8.20. The highest BCUT2D eigenvalue weighted by molar-refractivity contribution is 7.21. The highest BCUT2D eigenvalue weighted by atomic mass is 32.1. The molecule has 0 radical (unpaired) electrons. The van der Waals surface area contributed by atoms with Gasteiger partial charge in [-0.2, -0.15) is 0 Å². The molecule has 6 aromatic rings. The second-order valence-corrected chi connectivity index (χ2v) is 21.4. The molecule has 4 aromatic carbocycles. The van der Waals surface area contributed by atoms with Crippen molar-refractivity contribution in [1.29, 1.82) is 0 Å². The molecule has 0 saturated heterocycles. The van der Waals surface area contributed by atoms with Crippen molar-refractivity contribution in [2.24, 2.45) is 0 Å². The van der Waals surface area contributed by atoms with Crippen molar-refractivity contribution in [1.82, 2.24) is 9.97 Å². The lowest BCUT2D eigenvalue weighted by Crippen LogP contribution is -2.19. The van der Waals surface area contributed by atoms with Crippen LogP contribution in [0.2, 0.25) is 0 Å². The maximum absolute atomic E-state index is 10.9.